The molecule has 0 atom stereocenters. The zero-order valence-electron chi connectivity index (χ0n) is 21.0. The van der Waals surface area contributed by atoms with Gasteiger partial charge in [0.15, 0.2) is 0 Å². The molecule has 3 aromatic carbocycles. The molecule has 3 aromatic rings. The van der Waals surface area contributed by atoms with E-state index in [0.29, 0.717) is 42.3 Å². The molecule has 198 valence electrons. The molecule has 2 aliphatic rings. The van der Waals surface area contributed by atoms with E-state index in [0.717, 1.165) is 30.5 Å². The van der Waals surface area contributed by atoms with Gasteiger partial charge in [0.2, 0.25) is 0 Å². The number of methoxy groups -OCH3 is 1. The third-order valence-corrected chi connectivity index (χ3v) is 7.26. The molecule has 0 bridgehead atoms. The molecule has 38 heavy (non-hydrogen) atoms. The largest absolute Gasteiger partial charge is 0.496 e. The van der Waals surface area contributed by atoms with Gasteiger partial charge in [-0.05, 0) is 80.4 Å². The molecule has 0 radical (unpaired) electrons. The molecule has 0 aromatic heterocycles. The average Bonchev–Trinajstić information content (AvgIpc) is 3.67. The summed E-state index contributed by atoms with van der Waals surface area (Å²) in [5.41, 5.74) is 0.780. The third kappa shape index (κ3) is 4.92. The van der Waals surface area contributed by atoms with Gasteiger partial charge in [0.05, 0.1) is 18.2 Å². The van der Waals surface area contributed by atoms with Crippen molar-refractivity contribution in [2.75, 3.05) is 26.7 Å². The van der Waals surface area contributed by atoms with Crippen LogP contribution in [0.1, 0.15) is 44.7 Å². The number of hydrogen-bond donors (Lipinski definition) is 0. The number of ether oxygens (including phenoxy) is 2. The van der Waals surface area contributed by atoms with E-state index < -0.39 is 11.7 Å². The second-order valence-corrected chi connectivity index (χ2v) is 9.69. The summed E-state index contributed by atoms with van der Waals surface area (Å²) >= 11 is 0. The molecule has 5 rings (SSSR count). The second-order valence-electron chi connectivity index (χ2n) is 9.69. The van der Waals surface area contributed by atoms with Crippen molar-refractivity contribution in [1.82, 2.24) is 9.80 Å². The number of nitrogens with zero attached hydrogens (tertiary/aromatic N) is 2. The molecular weight excluding hydrogens is 497 g/mol. The maximum Gasteiger partial charge on any atom is 0.416 e. The van der Waals surface area contributed by atoms with Gasteiger partial charge in [-0.1, -0.05) is 6.07 Å². The van der Waals surface area contributed by atoms with Crippen LogP contribution in [-0.2, 0) is 6.18 Å². The van der Waals surface area contributed by atoms with Crippen molar-refractivity contribution in [1.29, 1.82) is 0 Å². The second kappa shape index (κ2) is 9.70. The molecule has 6 nitrogen and oxygen atoms in total. The van der Waals surface area contributed by atoms with Gasteiger partial charge >= 0.3 is 6.18 Å². The number of hydrogen-bond acceptors (Lipinski definition) is 4. The Bertz CT molecular complexity index is 1350. The third-order valence-electron chi connectivity index (χ3n) is 7.26. The molecule has 1 heterocycles. The number of halogens is 3. The number of piperazine rings is 1. The molecule has 1 spiro atoms. The summed E-state index contributed by atoms with van der Waals surface area (Å²) in [4.78, 5) is 30.4. The molecule has 1 saturated heterocycles. The summed E-state index contributed by atoms with van der Waals surface area (Å²) in [6, 6.07) is 16.4. The van der Waals surface area contributed by atoms with Crippen LogP contribution in [0.3, 0.4) is 0 Å². The Labute approximate surface area is 218 Å². The van der Waals surface area contributed by atoms with Crippen LogP contribution in [-0.4, -0.2) is 53.9 Å². The molecule has 0 N–H and O–H groups in total. The van der Waals surface area contributed by atoms with Crippen LogP contribution in [0.25, 0.3) is 0 Å². The molecule has 9 heteroatoms. The summed E-state index contributed by atoms with van der Waals surface area (Å²) in [5.74, 6) is 1.15. The van der Waals surface area contributed by atoms with Crippen LogP contribution in [0, 0.1) is 6.92 Å². The Morgan fingerprint density at radius 3 is 2.08 bits per heavy atom. The summed E-state index contributed by atoms with van der Waals surface area (Å²) in [5, 5.41) is 0. The van der Waals surface area contributed by atoms with Crippen LogP contribution in [0.2, 0.25) is 0 Å². The van der Waals surface area contributed by atoms with E-state index in [1.165, 1.54) is 12.1 Å². The highest BCUT2D eigenvalue weighted by atomic mass is 19.4. The van der Waals surface area contributed by atoms with E-state index in [1.807, 2.05) is 30.0 Å². The van der Waals surface area contributed by atoms with Crippen molar-refractivity contribution in [2.24, 2.45) is 0 Å². The number of carbonyl (C=O) groups excluding carboxylic acids is 2. The summed E-state index contributed by atoms with van der Waals surface area (Å²) < 4.78 is 49.3. The summed E-state index contributed by atoms with van der Waals surface area (Å²) in [6.45, 7) is 3.19. The lowest BCUT2D eigenvalue weighted by molar-refractivity contribution is -0.137. The smallest absolute Gasteiger partial charge is 0.416 e. The first-order chi connectivity index (χ1) is 18.1. The summed E-state index contributed by atoms with van der Waals surface area (Å²) in [7, 11) is 1.58. The molecule has 1 saturated carbocycles. The van der Waals surface area contributed by atoms with Crippen molar-refractivity contribution in [3.63, 3.8) is 0 Å². The Morgan fingerprint density at radius 2 is 1.50 bits per heavy atom. The van der Waals surface area contributed by atoms with Crippen LogP contribution >= 0.6 is 0 Å². The lowest BCUT2D eigenvalue weighted by Gasteiger charge is -2.42. The zero-order valence-corrected chi connectivity index (χ0v) is 21.0. The Balaban J connectivity index is 1.24. The standard InChI is InChI=1S/C29H27F3N2O4/c1-19-24(4-3-5-25(19)37-2)27(36)34-17-16-33(18-28(34)14-15-28)26(35)20-6-10-22(11-7-20)38-23-12-8-21(9-13-23)29(30,31)32/h3-13H,14-18H2,1-2H3. The maximum atomic E-state index is 13.4. The Morgan fingerprint density at radius 1 is 0.868 bits per heavy atom. The van der Waals surface area contributed by atoms with E-state index in [-0.39, 0.29) is 23.1 Å². The Hall–Kier alpha value is -4.01. The molecule has 2 fully saturated rings. The molecular formula is C29H27F3N2O4. The van der Waals surface area contributed by atoms with Gasteiger partial charge in [0.25, 0.3) is 11.8 Å². The fourth-order valence-corrected chi connectivity index (χ4v) is 4.95. The normalized spacial score (nSPS) is 16.3. The predicted octanol–water partition coefficient (Wildman–Crippen LogP) is 5.95. The van der Waals surface area contributed by atoms with Gasteiger partial charge in [-0.3, -0.25) is 9.59 Å². The highest BCUT2D eigenvalue weighted by Gasteiger charge is 2.54. The number of rotatable bonds is 5. The first-order valence-electron chi connectivity index (χ1n) is 12.3. The fraction of sp³-hybridized carbons (Fsp3) is 0.310. The zero-order chi connectivity index (χ0) is 27.1. The number of alkyl halides is 3. The van der Waals surface area contributed by atoms with Gasteiger partial charge in [-0.2, -0.15) is 13.2 Å². The molecule has 1 aliphatic heterocycles. The lowest BCUT2D eigenvalue weighted by Crippen LogP contribution is -2.58. The molecule has 1 aliphatic carbocycles. The van der Waals surface area contributed by atoms with E-state index in [9.17, 15) is 22.8 Å². The number of carbonyl (C=O) groups is 2. The average molecular weight is 525 g/mol. The first-order valence-corrected chi connectivity index (χ1v) is 12.3. The van der Waals surface area contributed by atoms with Gasteiger partial charge in [-0.15, -0.1) is 0 Å². The van der Waals surface area contributed by atoms with Crippen LogP contribution < -0.4 is 9.47 Å². The van der Waals surface area contributed by atoms with E-state index in [1.54, 1.807) is 36.3 Å². The van der Waals surface area contributed by atoms with Gasteiger partial charge < -0.3 is 19.3 Å². The van der Waals surface area contributed by atoms with E-state index in [4.69, 9.17) is 9.47 Å². The SMILES string of the molecule is COc1cccc(C(=O)N2CCN(C(=O)c3ccc(Oc4ccc(C(F)(F)F)cc4)cc3)CC23CC3)c1C. The van der Waals surface area contributed by atoms with Crippen molar-refractivity contribution in [2.45, 2.75) is 31.5 Å². The molecule has 0 unspecified atom stereocenters. The van der Waals surface area contributed by atoms with Gasteiger partial charge in [0, 0.05) is 36.3 Å². The lowest BCUT2D eigenvalue weighted by atomic mass is 10.0. The minimum absolute atomic E-state index is 0.0456. The van der Waals surface area contributed by atoms with Crippen LogP contribution in [0.5, 0.6) is 17.2 Å². The van der Waals surface area contributed by atoms with Crippen LogP contribution in [0.4, 0.5) is 13.2 Å². The topological polar surface area (TPSA) is 59.1 Å². The highest BCUT2D eigenvalue weighted by molar-refractivity contribution is 5.98. The van der Waals surface area contributed by atoms with Gasteiger partial charge in [0.1, 0.15) is 17.2 Å². The first kappa shape index (κ1) is 25.6. The van der Waals surface area contributed by atoms with E-state index >= 15 is 0 Å². The van der Waals surface area contributed by atoms with Crippen molar-refractivity contribution in [3.05, 3.63) is 89.0 Å². The summed E-state index contributed by atoms with van der Waals surface area (Å²) in [6.07, 6.45) is -2.73. The van der Waals surface area contributed by atoms with Crippen molar-refractivity contribution < 1.29 is 32.2 Å². The van der Waals surface area contributed by atoms with Crippen molar-refractivity contribution in [3.8, 4) is 17.2 Å². The predicted molar refractivity (Wildman–Crippen MR) is 135 cm³/mol. The monoisotopic (exact) mass is 524 g/mol. The molecule has 2 amide bonds. The van der Waals surface area contributed by atoms with E-state index in [2.05, 4.69) is 0 Å². The van der Waals surface area contributed by atoms with Crippen molar-refractivity contribution >= 4 is 11.8 Å². The Kier molecular flexibility index (Phi) is 6.54. The fourth-order valence-electron chi connectivity index (χ4n) is 4.95. The highest BCUT2D eigenvalue weighted by Crippen LogP contribution is 2.45. The van der Waals surface area contributed by atoms with Gasteiger partial charge in [-0.25, -0.2) is 0 Å². The minimum atomic E-state index is -4.41. The number of amides is 2. The quantitative estimate of drug-likeness (QED) is 0.414. The van der Waals surface area contributed by atoms with Crippen LogP contribution in [0.15, 0.2) is 66.7 Å². The maximum absolute atomic E-state index is 13.4. The minimum Gasteiger partial charge on any atom is -0.496 e. The number of benzene rings is 3.